The lowest BCUT2D eigenvalue weighted by molar-refractivity contribution is 0.592. The molecule has 5 heteroatoms. The zero-order chi connectivity index (χ0) is 13.9. The van der Waals surface area contributed by atoms with Crippen molar-refractivity contribution in [1.82, 2.24) is 0 Å². The van der Waals surface area contributed by atoms with Gasteiger partial charge in [-0.15, -0.1) is 0 Å². The Hall–Kier alpha value is -1.23. The van der Waals surface area contributed by atoms with Crippen molar-refractivity contribution < 1.29 is 8.42 Å². The average Bonchev–Trinajstić information content (AvgIpc) is 2.40. The lowest BCUT2D eigenvalue weighted by atomic mass is 10.00. The Labute approximate surface area is 115 Å². The summed E-state index contributed by atoms with van der Waals surface area (Å²) >= 11 is 0. The van der Waals surface area contributed by atoms with Crippen LogP contribution in [0.1, 0.15) is 25.3 Å². The summed E-state index contributed by atoms with van der Waals surface area (Å²) in [4.78, 5) is 2.26. The van der Waals surface area contributed by atoms with Crippen LogP contribution in [0.25, 0.3) is 0 Å². The van der Waals surface area contributed by atoms with E-state index in [1.54, 1.807) is 6.92 Å². The molecule has 1 aromatic rings. The molecule has 0 saturated heterocycles. The predicted molar refractivity (Wildman–Crippen MR) is 80.3 cm³/mol. The zero-order valence-electron chi connectivity index (χ0n) is 11.4. The summed E-state index contributed by atoms with van der Waals surface area (Å²) in [5, 5.41) is 0. The highest BCUT2D eigenvalue weighted by atomic mass is 32.2. The molecule has 0 spiro atoms. The molecule has 0 amide bonds. The van der Waals surface area contributed by atoms with Gasteiger partial charge in [0.15, 0.2) is 0 Å². The van der Waals surface area contributed by atoms with Gasteiger partial charge in [0.1, 0.15) is 9.84 Å². The minimum absolute atomic E-state index is 0.233. The molecule has 0 unspecified atom stereocenters. The number of rotatable bonds is 5. The molecule has 1 aliphatic rings. The molecule has 1 aromatic carbocycles. The molecule has 0 bridgehead atoms. The number of benzene rings is 1. The van der Waals surface area contributed by atoms with Crippen LogP contribution in [0.15, 0.2) is 18.2 Å². The SMILES string of the molecule is CCS(=O)(=O)CCCN1CCCc2c(N)cccc21. The van der Waals surface area contributed by atoms with Crippen molar-refractivity contribution >= 4 is 21.2 Å². The van der Waals surface area contributed by atoms with Crippen LogP contribution in [-0.2, 0) is 16.3 Å². The van der Waals surface area contributed by atoms with Crippen molar-refractivity contribution in [3.05, 3.63) is 23.8 Å². The Bertz CT molecular complexity index is 540. The third-order valence-corrected chi connectivity index (χ3v) is 5.50. The highest BCUT2D eigenvalue weighted by Crippen LogP contribution is 2.31. The van der Waals surface area contributed by atoms with Gasteiger partial charge in [-0.3, -0.25) is 0 Å². The lowest BCUT2D eigenvalue weighted by Crippen LogP contribution is -2.31. The molecule has 2 rings (SSSR count). The minimum atomic E-state index is -2.86. The fourth-order valence-corrected chi connectivity index (χ4v) is 3.44. The third-order valence-electron chi connectivity index (χ3n) is 3.71. The molecule has 2 N–H and O–H groups in total. The maximum Gasteiger partial charge on any atom is 0.150 e. The fraction of sp³-hybridized carbons (Fsp3) is 0.571. The quantitative estimate of drug-likeness (QED) is 0.837. The highest BCUT2D eigenvalue weighted by molar-refractivity contribution is 7.91. The number of nitrogens with zero attached hydrogens (tertiary/aromatic N) is 1. The molecule has 0 fully saturated rings. The largest absolute Gasteiger partial charge is 0.398 e. The first kappa shape index (κ1) is 14.2. The normalized spacial score (nSPS) is 15.3. The number of nitrogens with two attached hydrogens (primary N) is 1. The fourth-order valence-electron chi connectivity index (χ4n) is 2.58. The summed E-state index contributed by atoms with van der Waals surface area (Å²) in [6, 6.07) is 5.98. The Balaban J connectivity index is 2.02. The van der Waals surface area contributed by atoms with Crippen LogP contribution < -0.4 is 10.6 Å². The molecule has 0 atom stereocenters. The summed E-state index contributed by atoms with van der Waals surface area (Å²) in [5.41, 5.74) is 9.25. The van der Waals surface area contributed by atoms with Crippen LogP contribution in [0.4, 0.5) is 11.4 Å². The van der Waals surface area contributed by atoms with Crippen LogP contribution in [0.5, 0.6) is 0 Å². The summed E-state index contributed by atoms with van der Waals surface area (Å²) in [6.45, 7) is 3.48. The van der Waals surface area contributed by atoms with Crippen LogP contribution in [0.2, 0.25) is 0 Å². The minimum Gasteiger partial charge on any atom is -0.398 e. The Morgan fingerprint density at radius 2 is 2.16 bits per heavy atom. The van der Waals surface area contributed by atoms with Gasteiger partial charge in [-0.1, -0.05) is 13.0 Å². The second kappa shape index (κ2) is 5.82. The topological polar surface area (TPSA) is 63.4 Å². The standard InChI is InChI=1S/C14H22N2O2S/c1-2-19(17,18)11-5-10-16-9-4-6-12-13(15)7-3-8-14(12)16/h3,7-8H,2,4-6,9-11,15H2,1H3. The van der Waals surface area contributed by atoms with Gasteiger partial charge < -0.3 is 10.6 Å². The number of hydrogen-bond donors (Lipinski definition) is 1. The van der Waals surface area contributed by atoms with E-state index in [1.165, 1.54) is 11.3 Å². The molecule has 0 aromatic heterocycles. The second-order valence-electron chi connectivity index (χ2n) is 5.03. The first-order valence-corrected chi connectivity index (χ1v) is 8.68. The van der Waals surface area contributed by atoms with E-state index in [0.717, 1.165) is 31.6 Å². The van der Waals surface area contributed by atoms with Crippen LogP contribution >= 0.6 is 0 Å². The van der Waals surface area contributed by atoms with Gasteiger partial charge in [0, 0.05) is 30.2 Å². The van der Waals surface area contributed by atoms with E-state index in [9.17, 15) is 8.42 Å². The summed E-state index contributed by atoms with van der Waals surface area (Å²) in [7, 11) is -2.86. The molecule has 1 heterocycles. The van der Waals surface area contributed by atoms with Gasteiger partial charge in [-0.05, 0) is 37.0 Å². The van der Waals surface area contributed by atoms with Crippen molar-refractivity contribution in [3.8, 4) is 0 Å². The van der Waals surface area contributed by atoms with Crippen molar-refractivity contribution in [3.63, 3.8) is 0 Å². The van der Waals surface area contributed by atoms with Crippen LogP contribution in [-0.4, -0.2) is 33.0 Å². The van der Waals surface area contributed by atoms with Gasteiger partial charge in [-0.25, -0.2) is 8.42 Å². The average molecular weight is 282 g/mol. The second-order valence-corrected chi connectivity index (χ2v) is 7.50. The number of sulfone groups is 1. The summed E-state index contributed by atoms with van der Waals surface area (Å²) in [6.07, 6.45) is 2.79. The van der Waals surface area contributed by atoms with E-state index in [-0.39, 0.29) is 11.5 Å². The van der Waals surface area contributed by atoms with Crippen LogP contribution in [0, 0.1) is 0 Å². The van der Waals surface area contributed by atoms with Gasteiger partial charge in [0.2, 0.25) is 0 Å². The van der Waals surface area contributed by atoms with Gasteiger partial charge in [-0.2, -0.15) is 0 Å². The molecule has 0 radical (unpaired) electrons. The molecular weight excluding hydrogens is 260 g/mol. The van der Waals surface area contributed by atoms with E-state index in [4.69, 9.17) is 5.73 Å². The molecule has 4 nitrogen and oxygen atoms in total. The summed E-state index contributed by atoms with van der Waals surface area (Å²) < 4.78 is 23.0. The van der Waals surface area contributed by atoms with E-state index >= 15 is 0 Å². The van der Waals surface area contributed by atoms with Crippen molar-refractivity contribution in [2.75, 3.05) is 35.2 Å². The predicted octanol–water partition coefficient (Wildman–Crippen LogP) is 1.85. The van der Waals surface area contributed by atoms with Gasteiger partial charge >= 0.3 is 0 Å². The highest BCUT2D eigenvalue weighted by Gasteiger charge is 2.18. The maximum absolute atomic E-state index is 11.5. The number of fused-ring (bicyclic) bond motifs is 1. The maximum atomic E-state index is 11.5. The molecular formula is C14H22N2O2S. The van der Waals surface area contributed by atoms with E-state index in [2.05, 4.69) is 11.0 Å². The Morgan fingerprint density at radius 3 is 2.89 bits per heavy atom. The number of anilines is 2. The third kappa shape index (κ3) is 3.41. The van der Waals surface area contributed by atoms with E-state index in [1.807, 2.05) is 12.1 Å². The van der Waals surface area contributed by atoms with Crippen molar-refractivity contribution in [1.29, 1.82) is 0 Å². The zero-order valence-corrected chi connectivity index (χ0v) is 12.2. The summed E-state index contributed by atoms with van der Waals surface area (Å²) in [5.74, 6) is 0.508. The first-order valence-electron chi connectivity index (χ1n) is 6.86. The molecule has 1 aliphatic heterocycles. The molecule has 19 heavy (non-hydrogen) atoms. The smallest absolute Gasteiger partial charge is 0.150 e. The van der Waals surface area contributed by atoms with Gasteiger partial charge in [0.25, 0.3) is 0 Å². The Kier molecular flexibility index (Phi) is 4.34. The number of hydrogen-bond acceptors (Lipinski definition) is 4. The van der Waals surface area contributed by atoms with E-state index in [0.29, 0.717) is 6.42 Å². The first-order chi connectivity index (χ1) is 9.03. The lowest BCUT2D eigenvalue weighted by Gasteiger charge is -2.32. The van der Waals surface area contributed by atoms with Crippen LogP contribution in [0.3, 0.4) is 0 Å². The molecule has 0 saturated carbocycles. The van der Waals surface area contributed by atoms with E-state index < -0.39 is 9.84 Å². The molecule has 0 aliphatic carbocycles. The molecule has 106 valence electrons. The van der Waals surface area contributed by atoms with Gasteiger partial charge in [0.05, 0.1) is 5.75 Å². The van der Waals surface area contributed by atoms with Crippen molar-refractivity contribution in [2.24, 2.45) is 0 Å². The Morgan fingerprint density at radius 1 is 1.37 bits per heavy atom. The monoisotopic (exact) mass is 282 g/mol. The number of nitrogen functional groups attached to an aromatic ring is 1. The van der Waals surface area contributed by atoms with Crippen molar-refractivity contribution in [2.45, 2.75) is 26.2 Å².